The Labute approximate surface area is 127 Å². The van der Waals surface area contributed by atoms with Crippen molar-refractivity contribution in [2.45, 2.75) is 6.42 Å². The molecule has 0 unspecified atom stereocenters. The number of carbonyl (C=O) groups excluding carboxylic acids is 1. The van der Waals surface area contributed by atoms with E-state index in [1.807, 2.05) is 30.3 Å². The molecule has 1 N–H and O–H groups in total. The van der Waals surface area contributed by atoms with Gasteiger partial charge in [0.15, 0.2) is 4.67 Å². The van der Waals surface area contributed by atoms with Crippen LogP contribution >= 0.6 is 31.9 Å². The molecule has 0 aliphatic carbocycles. The van der Waals surface area contributed by atoms with Crippen molar-refractivity contribution in [3.63, 3.8) is 0 Å². The van der Waals surface area contributed by atoms with E-state index in [2.05, 4.69) is 42.4 Å². The van der Waals surface area contributed by atoms with E-state index in [0.29, 0.717) is 11.1 Å². The molecular formula is C13H10Br2N2O2. The van der Waals surface area contributed by atoms with Crippen LogP contribution in [0.2, 0.25) is 0 Å². The molecule has 0 fully saturated rings. The van der Waals surface area contributed by atoms with Gasteiger partial charge in [-0.3, -0.25) is 4.79 Å². The Balaban J connectivity index is 1.89. The zero-order valence-corrected chi connectivity index (χ0v) is 12.9. The monoisotopic (exact) mass is 384 g/mol. The first-order valence-corrected chi connectivity index (χ1v) is 7.03. The Bertz CT molecular complexity index is 594. The van der Waals surface area contributed by atoms with Crippen LogP contribution in [-0.2, 0) is 11.2 Å². The van der Waals surface area contributed by atoms with Gasteiger partial charge < -0.3 is 4.42 Å². The highest BCUT2D eigenvalue weighted by atomic mass is 79.9. The molecule has 0 bridgehead atoms. The third kappa shape index (κ3) is 4.04. The van der Waals surface area contributed by atoms with Crippen molar-refractivity contribution in [1.29, 1.82) is 0 Å². The van der Waals surface area contributed by atoms with E-state index in [-0.39, 0.29) is 5.91 Å². The number of rotatable bonds is 4. The molecule has 1 aromatic carbocycles. The number of hydrazone groups is 1. The quantitative estimate of drug-likeness (QED) is 0.646. The van der Waals surface area contributed by atoms with Gasteiger partial charge in [-0.2, -0.15) is 5.10 Å². The minimum Gasteiger partial charge on any atom is -0.456 e. The van der Waals surface area contributed by atoms with E-state index < -0.39 is 0 Å². The van der Waals surface area contributed by atoms with Crippen molar-refractivity contribution in [2.24, 2.45) is 5.10 Å². The molecule has 4 nitrogen and oxygen atoms in total. The van der Waals surface area contributed by atoms with Crippen LogP contribution in [0.5, 0.6) is 0 Å². The minimum absolute atomic E-state index is 0.166. The first-order valence-electron chi connectivity index (χ1n) is 5.45. The Kier molecular flexibility index (Phi) is 4.93. The first-order chi connectivity index (χ1) is 9.16. The molecule has 1 heterocycles. The lowest BCUT2D eigenvalue weighted by Crippen LogP contribution is -2.19. The van der Waals surface area contributed by atoms with Gasteiger partial charge in [-0.25, -0.2) is 5.43 Å². The summed E-state index contributed by atoms with van der Waals surface area (Å²) in [6.07, 6.45) is 3.34. The van der Waals surface area contributed by atoms with Crippen LogP contribution in [0.3, 0.4) is 0 Å². The summed E-state index contributed by atoms with van der Waals surface area (Å²) in [5.74, 6) is -0.166. The van der Waals surface area contributed by atoms with Gasteiger partial charge in [-0.1, -0.05) is 30.3 Å². The summed E-state index contributed by atoms with van der Waals surface area (Å²) < 4.78 is 6.46. The second-order valence-electron chi connectivity index (χ2n) is 3.73. The molecule has 2 rings (SSSR count). The number of furan rings is 1. The summed E-state index contributed by atoms with van der Waals surface area (Å²) in [7, 11) is 0. The highest BCUT2D eigenvalue weighted by molar-refractivity contribution is 9.13. The first kappa shape index (κ1) is 14.0. The minimum atomic E-state index is -0.166. The summed E-state index contributed by atoms with van der Waals surface area (Å²) >= 11 is 6.55. The van der Waals surface area contributed by atoms with E-state index in [1.165, 1.54) is 12.5 Å². The molecule has 0 aliphatic heterocycles. The molecule has 6 heteroatoms. The predicted octanol–water partition coefficient (Wildman–Crippen LogP) is 3.50. The van der Waals surface area contributed by atoms with Gasteiger partial charge in [0, 0.05) is 5.56 Å². The molecule has 0 radical (unpaired) electrons. The largest absolute Gasteiger partial charge is 0.456 e. The fourth-order valence-corrected chi connectivity index (χ4v) is 2.03. The van der Waals surface area contributed by atoms with Crippen molar-refractivity contribution in [1.82, 2.24) is 5.43 Å². The smallest absolute Gasteiger partial charge is 0.244 e. The van der Waals surface area contributed by atoms with Crippen molar-refractivity contribution in [3.8, 4) is 0 Å². The third-order valence-electron chi connectivity index (χ3n) is 2.32. The second-order valence-corrected chi connectivity index (χ2v) is 5.25. The van der Waals surface area contributed by atoms with E-state index in [0.717, 1.165) is 15.6 Å². The Morgan fingerprint density at radius 2 is 2.05 bits per heavy atom. The van der Waals surface area contributed by atoms with Gasteiger partial charge >= 0.3 is 0 Å². The molecule has 0 spiro atoms. The van der Waals surface area contributed by atoms with Gasteiger partial charge in [-0.15, -0.1) is 0 Å². The lowest BCUT2D eigenvalue weighted by molar-refractivity contribution is -0.120. The Morgan fingerprint density at radius 1 is 1.32 bits per heavy atom. The Hall–Kier alpha value is -1.40. The molecule has 0 saturated heterocycles. The fourth-order valence-electron chi connectivity index (χ4n) is 1.41. The lowest BCUT2D eigenvalue weighted by atomic mass is 10.1. The average Bonchev–Trinajstić information content (AvgIpc) is 2.72. The maximum atomic E-state index is 11.6. The molecule has 0 aliphatic rings. The number of benzene rings is 1. The van der Waals surface area contributed by atoms with Gasteiger partial charge in [0.25, 0.3) is 0 Å². The molecular weight excluding hydrogens is 376 g/mol. The van der Waals surface area contributed by atoms with Crippen LogP contribution < -0.4 is 5.43 Å². The fraction of sp³-hybridized carbons (Fsp3) is 0.0769. The van der Waals surface area contributed by atoms with Crippen LogP contribution in [0.4, 0.5) is 0 Å². The standard InChI is InChI=1S/C13H10Br2N2O2/c14-12-10(8-19-13(12)15)7-16-17-11(18)6-9-4-2-1-3-5-9/h1-5,7-8H,6H2,(H,17,18)/b16-7+. The number of nitrogens with one attached hydrogen (secondary N) is 1. The third-order valence-corrected chi connectivity index (χ3v) is 4.25. The highest BCUT2D eigenvalue weighted by Crippen LogP contribution is 2.27. The van der Waals surface area contributed by atoms with E-state index in [4.69, 9.17) is 4.42 Å². The number of hydrogen-bond donors (Lipinski definition) is 1. The number of amides is 1. The van der Waals surface area contributed by atoms with Crippen LogP contribution in [0.1, 0.15) is 11.1 Å². The Morgan fingerprint density at radius 3 is 2.68 bits per heavy atom. The molecule has 0 atom stereocenters. The van der Waals surface area contributed by atoms with Crippen molar-refractivity contribution in [3.05, 3.63) is 56.9 Å². The number of hydrogen-bond acceptors (Lipinski definition) is 3. The average molecular weight is 386 g/mol. The number of nitrogens with zero attached hydrogens (tertiary/aromatic N) is 1. The summed E-state index contributed by atoms with van der Waals surface area (Å²) in [6.45, 7) is 0. The van der Waals surface area contributed by atoms with Crippen LogP contribution in [0.25, 0.3) is 0 Å². The highest BCUT2D eigenvalue weighted by Gasteiger charge is 2.06. The normalized spacial score (nSPS) is 10.8. The molecule has 1 amide bonds. The van der Waals surface area contributed by atoms with E-state index in [1.54, 1.807) is 0 Å². The van der Waals surface area contributed by atoms with Crippen LogP contribution in [0, 0.1) is 0 Å². The zero-order valence-electron chi connectivity index (χ0n) is 9.77. The van der Waals surface area contributed by atoms with Crippen molar-refractivity contribution in [2.75, 3.05) is 0 Å². The van der Waals surface area contributed by atoms with Gasteiger partial charge in [-0.05, 0) is 37.4 Å². The van der Waals surface area contributed by atoms with E-state index in [9.17, 15) is 4.79 Å². The molecule has 0 saturated carbocycles. The predicted molar refractivity (Wildman–Crippen MR) is 80.0 cm³/mol. The lowest BCUT2D eigenvalue weighted by Gasteiger charge is -1.99. The van der Waals surface area contributed by atoms with Gasteiger partial charge in [0.2, 0.25) is 5.91 Å². The summed E-state index contributed by atoms with van der Waals surface area (Å²) in [5.41, 5.74) is 4.16. The summed E-state index contributed by atoms with van der Waals surface area (Å²) in [4.78, 5) is 11.6. The van der Waals surface area contributed by atoms with Gasteiger partial charge in [0.05, 0.1) is 17.1 Å². The SMILES string of the molecule is O=C(Cc1ccccc1)N/N=C/c1coc(Br)c1Br. The second kappa shape index (κ2) is 6.68. The number of halogens is 2. The maximum absolute atomic E-state index is 11.6. The topological polar surface area (TPSA) is 54.6 Å². The summed E-state index contributed by atoms with van der Waals surface area (Å²) in [5, 5.41) is 3.88. The van der Waals surface area contributed by atoms with Crippen molar-refractivity contribution >= 4 is 44.0 Å². The van der Waals surface area contributed by atoms with Crippen LogP contribution in [-0.4, -0.2) is 12.1 Å². The van der Waals surface area contributed by atoms with E-state index >= 15 is 0 Å². The van der Waals surface area contributed by atoms with Gasteiger partial charge in [0.1, 0.15) is 6.26 Å². The molecule has 98 valence electrons. The van der Waals surface area contributed by atoms with Crippen molar-refractivity contribution < 1.29 is 9.21 Å². The molecule has 19 heavy (non-hydrogen) atoms. The van der Waals surface area contributed by atoms with Crippen LogP contribution in [0.15, 0.2) is 55.3 Å². The molecule has 1 aromatic heterocycles. The number of carbonyl (C=O) groups is 1. The molecule has 2 aromatic rings. The maximum Gasteiger partial charge on any atom is 0.244 e. The summed E-state index contributed by atoms with van der Waals surface area (Å²) in [6, 6.07) is 9.49. The zero-order chi connectivity index (χ0) is 13.7.